The van der Waals surface area contributed by atoms with Crippen molar-refractivity contribution < 1.29 is 8.42 Å². The van der Waals surface area contributed by atoms with Crippen LogP contribution in [0, 0.1) is 0 Å². The van der Waals surface area contributed by atoms with Crippen molar-refractivity contribution in [3.63, 3.8) is 0 Å². The van der Waals surface area contributed by atoms with Crippen LogP contribution in [-0.2, 0) is 16.4 Å². The summed E-state index contributed by atoms with van der Waals surface area (Å²) in [5.41, 5.74) is 1.09. The van der Waals surface area contributed by atoms with Crippen molar-refractivity contribution in [2.75, 3.05) is 26.7 Å². The first-order chi connectivity index (χ1) is 8.04. The maximum atomic E-state index is 11.0. The minimum Gasteiger partial charge on any atom is -0.318 e. The van der Waals surface area contributed by atoms with Crippen molar-refractivity contribution in [3.8, 4) is 0 Å². The highest BCUT2D eigenvalue weighted by Crippen LogP contribution is 2.08. The molecule has 0 atom stereocenters. The van der Waals surface area contributed by atoms with Crippen LogP contribution in [0.3, 0.4) is 0 Å². The number of hydrogen-bond acceptors (Lipinski definition) is 4. The van der Waals surface area contributed by atoms with Gasteiger partial charge >= 0.3 is 0 Å². The average Bonchev–Trinajstić information content (AvgIpc) is 2.28. The highest BCUT2D eigenvalue weighted by molar-refractivity contribution is 7.89. The fraction of sp³-hybridized carbons (Fsp3) is 0.455. The van der Waals surface area contributed by atoms with Gasteiger partial charge in [0.1, 0.15) is 0 Å². The molecule has 5 nitrogen and oxygen atoms in total. The lowest BCUT2D eigenvalue weighted by atomic mass is 10.1. The average molecular weight is 257 g/mol. The number of hydrogen-bond donors (Lipinski definition) is 3. The van der Waals surface area contributed by atoms with E-state index in [2.05, 4.69) is 10.6 Å². The third-order valence-electron chi connectivity index (χ3n) is 2.39. The van der Waals surface area contributed by atoms with E-state index in [4.69, 9.17) is 5.14 Å². The highest BCUT2D eigenvalue weighted by Gasteiger charge is 2.06. The first-order valence-electron chi connectivity index (χ1n) is 5.51. The highest BCUT2D eigenvalue weighted by atomic mass is 32.2. The first-order valence-corrected chi connectivity index (χ1v) is 7.06. The molecule has 1 aromatic rings. The molecule has 0 saturated heterocycles. The number of sulfonamides is 1. The normalized spacial score (nSPS) is 11.6. The van der Waals surface area contributed by atoms with Gasteiger partial charge in [0.2, 0.25) is 10.0 Å². The zero-order chi connectivity index (χ0) is 12.7. The van der Waals surface area contributed by atoms with Gasteiger partial charge < -0.3 is 10.6 Å². The van der Waals surface area contributed by atoms with E-state index in [1.807, 2.05) is 7.05 Å². The molecule has 17 heavy (non-hydrogen) atoms. The topological polar surface area (TPSA) is 84.2 Å². The van der Waals surface area contributed by atoms with Gasteiger partial charge in [0.15, 0.2) is 0 Å². The molecule has 0 spiro atoms. The van der Waals surface area contributed by atoms with Gasteiger partial charge in [0.05, 0.1) is 4.90 Å². The standard InChI is InChI=1S/C11H19N3O2S/c1-13-8-9-14-7-6-10-2-4-11(5-3-10)17(12,15)16/h2-5,13-14H,6-9H2,1H3,(H2,12,15,16). The molecule has 0 bridgehead atoms. The Kier molecular flexibility index (Phi) is 5.57. The van der Waals surface area contributed by atoms with Crippen LogP contribution in [0.15, 0.2) is 29.2 Å². The lowest BCUT2D eigenvalue weighted by Crippen LogP contribution is -2.26. The molecule has 0 heterocycles. The van der Waals surface area contributed by atoms with E-state index in [0.29, 0.717) is 0 Å². The molecule has 0 radical (unpaired) electrons. The summed E-state index contributed by atoms with van der Waals surface area (Å²) in [6, 6.07) is 6.66. The van der Waals surface area contributed by atoms with Crippen molar-refractivity contribution in [2.45, 2.75) is 11.3 Å². The summed E-state index contributed by atoms with van der Waals surface area (Å²) < 4.78 is 22.1. The predicted octanol–water partition coefficient (Wildman–Crippen LogP) is -0.314. The third kappa shape index (κ3) is 5.27. The zero-order valence-corrected chi connectivity index (χ0v) is 10.8. The lowest BCUT2D eigenvalue weighted by Gasteiger charge is -2.05. The van der Waals surface area contributed by atoms with Gasteiger partial charge in [-0.25, -0.2) is 13.6 Å². The van der Waals surface area contributed by atoms with Gasteiger partial charge in [-0.05, 0) is 37.7 Å². The molecular weight excluding hydrogens is 238 g/mol. The summed E-state index contributed by atoms with van der Waals surface area (Å²) >= 11 is 0. The number of rotatable bonds is 7. The molecule has 6 heteroatoms. The second-order valence-electron chi connectivity index (χ2n) is 3.79. The molecule has 96 valence electrons. The Morgan fingerprint density at radius 2 is 1.76 bits per heavy atom. The van der Waals surface area contributed by atoms with Crippen LogP contribution in [0.4, 0.5) is 0 Å². The van der Waals surface area contributed by atoms with Crippen LogP contribution < -0.4 is 15.8 Å². The molecule has 4 N–H and O–H groups in total. The van der Waals surface area contributed by atoms with Gasteiger partial charge in [-0.2, -0.15) is 0 Å². The fourth-order valence-electron chi connectivity index (χ4n) is 1.42. The maximum Gasteiger partial charge on any atom is 0.238 e. The molecular formula is C11H19N3O2S. The van der Waals surface area contributed by atoms with Crippen molar-refractivity contribution in [1.82, 2.24) is 10.6 Å². The van der Waals surface area contributed by atoms with Gasteiger partial charge in [-0.15, -0.1) is 0 Å². The summed E-state index contributed by atoms with van der Waals surface area (Å²) in [6.45, 7) is 2.73. The molecule has 0 fully saturated rings. The Morgan fingerprint density at radius 1 is 1.12 bits per heavy atom. The molecule has 0 aromatic heterocycles. The van der Waals surface area contributed by atoms with E-state index in [-0.39, 0.29) is 4.90 Å². The Hall–Kier alpha value is -0.950. The van der Waals surface area contributed by atoms with E-state index < -0.39 is 10.0 Å². The Morgan fingerprint density at radius 3 is 2.29 bits per heavy atom. The number of likely N-dealkylation sites (N-methyl/N-ethyl adjacent to an activating group) is 1. The number of benzene rings is 1. The molecule has 0 aliphatic carbocycles. The van der Waals surface area contributed by atoms with E-state index in [1.54, 1.807) is 12.1 Å². The summed E-state index contributed by atoms with van der Waals surface area (Å²) in [4.78, 5) is 0.157. The molecule has 0 amide bonds. The minimum absolute atomic E-state index is 0.157. The van der Waals surface area contributed by atoms with E-state index in [9.17, 15) is 8.42 Å². The second kappa shape index (κ2) is 6.70. The summed E-state index contributed by atoms with van der Waals surface area (Å²) in [5, 5.41) is 11.3. The van der Waals surface area contributed by atoms with Gasteiger partial charge in [0, 0.05) is 13.1 Å². The molecule has 1 rings (SSSR count). The zero-order valence-electron chi connectivity index (χ0n) is 9.94. The van der Waals surface area contributed by atoms with E-state index >= 15 is 0 Å². The van der Waals surface area contributed by atoms with Crippen LogP contribution in [-0.4, -0.2) is 35.1 Å². The van der Waals surface area contributed by atoms with Gasteiger partial charge in [0.25, 0.3) is 0 Å². The van der Waals surface area contributed by atoms with Crippen LogP contribution in [0.2, 0.25) is 0 Å². The second-order valence-corrected chi connectivity index (χ2v) is 5.35. The van der Waals surface area contributed by atoms with Gasteiger partial charge in [-0.1, -0.05) is 12.1 Å². The van der Waals surface area contributed by atoms with Crippen LogP contribution >= 0.6 is 0 Å². The number of nitrogens with two attached hydrogens (primary N) is 1. The van der Waals surface area contributed by atoms with Crippen LogP contribution in [0.5, 0.6) is 0 Å². The molecule has 0 unspecified atom stereocenters. The monoisotopic (exact) mass is 257 g/mol. The SMILES string of the molecule is CNCCNCCc1ccc(S(N)(=O)=O)cc1. The molecule has 0 aliphatic rings. The van der Waals surface area contributed by atoms with Crippen molar-refractivity contribution >= 4 is 10.0 Å². The first kappa shape index (κ1) is 14.1. The Balaban J connectivity index is 2.41. The van der Waals surface area contributed by atoms with Crippen molar-refractivity contribution in [2.24, 2.45) is 5.14 Å². The van der Waals surface area contributed by atoms with Crippen LogP contribution in [0.25, 0.3) is 0 Å². The fourth-order valence-corrected chi connectivity index (χ4v) is 1.93. The smallest absolute Gasteiger partial charge is 0.238 e. The summed E-state index contributed by atoms with van der Waals surface area (Å²) in [5.74, 6) is 0. The minimum atomic E-state index is -3.58. The third-order valence-corrected chi connectivity index (χ3v) is 3.32. The van der Waals surface area contributed by atoms with Crippen molar-refractivity contribution in [1.29, 1.82) is 0 Å². The van der Waals surface area contributed by atoms with E-state index in [0.717, 1.165) is 31.6 Å². The maximum absolute atomic E-state index is 11.0. The Bertz CT molecular complexity index is 429. The number of nitrogens with one attached hydrogen (secondary N) is 2. The largest absolute Gasteiger partial charge is 0.318 e. The molecule has 0 saturated carbocycles. The van der Waals surface area contributed by atoms with Gasteiger partial charge in [-0.3, -0.25) is 0 Å². The van der Waals surface area contributed by atoms with Crippen molar-refractivity contribution in [3.05, 3.63) is 29.8 Å². The number of primary sulfonamides is 1. The van der Waals surface area contributed by atoms with Crippen LogP contribution in [0.1, 0.15) is 5.56 Å². The lowest BCUT2D eigenvalue weighted by molar-refractivity contribution is 0.597. The predicted molar refractivity (Wildman–Crippen MR) is 68.3 cm³/mol. The Labute approximate surface area is 102 Å². The van der Waals surface area contributed by atoms with E-state index in [1.165, 1.54) is 12.1 Å². The molecule has 1 aromatic carbocycles. The molecule has 0 aliphatic heterocycles. The summed E-state index contributed by atoms with van der Waals surface area (Å²) in [7, 11) is -1.67. The summed E-state index contributed by atoms with van der Waals surface area (Å²) in [6.07, 6.45) is 0.870. The quantitative estimate of drug-likeness (QED) is 0.585.